The summed E-state index contributed by atoms with van der Waals surface area (Å²) in [5.41, 5.74) is 1.93. The average Bonchev–Trinajstić information content (AvgIpc) is 2.65. The normalized spacial score (nSPS) is 19.8. The van der Waals surface area contributed by atoms with Gasteiger partial charge in [-0.25, -0.2) is 4.98 Å². The minimum absolute atomic E-state index is 0.0123. The van der Waals surface area contributed by atoms with E-state index in [9.17, 15) is 4.79 Å². The second-order valence-corrected chi connectivity index (χ2v) is 3.46. The van der Waals surface area contributed by atoms with Crippen LogP contribution in [0.5, 0.6) is 0 Å². The molecule has 70 valence electrons. The Kier molecular flexibility index (Phi) is 1.27. The van der Waals surface area contributed by atoms with Crippen molar-refractivity contribution in [2.45, 2.75) is 13.0 Å². The van der Waals surface area contributed by atoms with E-state index < -0.39 is 0 Å². The van der Waals surface area contributed by atoms with E-state index in [1.807, 2.05) is 35.8 Å². The van der Waals surface area contributed by atoms with E-state index in [-0.39, 0.29) is 11.9 Å². The summed E-state index contributed by atoms with van der Waals surface area (Å²) in [6, 6.07) is 7.66. The fourth-order valence-electron chi connectivity index (χ4n) is 1.86. The van der Waals surface area contributed by atoms with Gasteiger partial charge in [0.25, 0.3) is 0 Å². The maximum absolute atomic E-state index is 11.4. The van der Waals surface area contributed by atoms with Gasteiger partial charge in [-0.3, -0.25) is 14.7 Å². The highest BCUT2D eigenvalue weighted by atomic mass is 16.2. The summed E-state index contributed by atoms with van der Waals surface area (Å²) in [6.45, 7) is 1.87. The number of carbonyl (C=O) groups excluding carboxylic acids is 1. The lowest BCUT2D eigenvalue weighted by molar-refractivity contribution is -0.117. The number of benzene rings is 1. The molecular formula is C10H9N3O. The number of rotatable bonds is 0. The molecule has 14 heavy (non-hydrogen) atoms. The molecule has 1 aliphatic rings. The van der Waals surface area contributed by atoms with Crippen LogP contribution in [0.2, 0.25) is 0 Å². The van der Waals surface area contributed by atoms with Gasteiger partial charge < -0.3 is 0 Å². The molecular weight excluding hydrogens is 178 g/mol. The molecule has 1 aliphatic heterocycles. The highest BCUT2D eigenvalue weighted by molar-refractivity contribution is 5.99. The van der Waals surface area contributed by atoms with Crippen molar-refractivity contribution in [3.05, 3.63) is 24.3 Å². The van der Waals surface area contributed by atoms with Crippen molar-refractivity contribution in [3.63, 3.8) is 0 Å². The van der Waals surface area contributed by atoms with Crippen molar-refractivity contribution >= 4 is 22.9 Å². The van der Waals surface area contributed by atoms with Crippen LogP contribution < -0.4 is 5.32 Å². The number of nitrogens with zero attached hydrogens (tertiary/aromatic N) is 2. The summed E-state index contributed by atoms with van der Waals surface area (Å²) in [5, 5.41) is 2.75. The highest BCUT2D eigenvalue weighted by Crippen LogP contribution is 2.29. The van der Waals surface area contributed by atoms with Crippen LogP contribution in [0, 0.1) is 0 Å². The fraction of sp³-hybridized carbons (Fsp3) is 0.200. The topological polar surface area (TPSA) is 46.9 Å². The van der Waals surface area contributed by atoms with E-state index in [0.29, 0.717) is 5.95 Å². The lowest BCUT2D eigenvalue weighted by atomic mass is 10.3. The number of hydrogen-bond donors (Lipinski definition) is 1. The number of hydrogen-bond acceptors (Lipinski definition) is 2. The second-order valence-electron chi connectivity index (χ2n) is 3.46. The predicted octanol–water partition coefficient (Wildman–Crippen LogP) is 1.55. The third-order valence-electron chi connectivity index (χ3n) is 2.60. The molecule has 0 unspecified atom stereocenters. The van der Waals surface area contributed by atoms with Crippen LogP contribution in [0.25, 0.3) is 11.0 Å². The third-order valence-corrected chi connectivity index (χ3v) is 2.60. The van der Waals surface area contributed by atoms with Gasteiger partial charge >= 0.3 is 0 Å². The van der Waals surface area contributed by atoms with Crippen molar-refractivity contribution in [1.82, 2.24) is 9.55 Å². The largest absolute Gasteiger partial charge is 0.298 e. The molecule has 3 rings (SSSR count). The Balaban J connectivity index is 2.37. The van der Waals surface area contributed by atoms with Gasteiger partial charge in [-0.05, 0) is 19.1 Å². The monoisotopic (exact) mass is 187 g/mol. The number of fused-ring (bicyclic) bond motifs is 3. The van der Waals surface area contributed by atoms with Crippen molar-refractivity contribution in [2.24, 2.45) is 0 Å². The summed E-state index contributed by atoms with van der Waals surface area (Å²) in [4.78, 5) is 15.7. The molecule has 0 saturated heterocycles. The third kappa shape index (κ3) is 0.775. The molecule has 1 N–H and O–H groups in total. The molecule has 1 aromatic carbocycles. The van der Waals surface area contributed by atoms with Gasteiger partial charge in [0.15, 0.2) is 0 Å². The minimum atomic E-state index is -0.155. The number of aromatic nitrogens is 2. The predicted molar refractivity (Wildman–Crippen MR) is 53.1 cm³/mol. The smallest absolute Gasteiger partial charge is 0.249 e. The number of nitrogens with one attached hydrogen (secondary N) is 1. The van der Waals surface area contributed by atoms with E-state index in [2.05, 4.69) is 10.3 Å². The molecule has 0 spiro atoms. The fourth-order valence-corrected chi connectivity index (χ4v) is 1.86. The van der Waals surface area contributed by atoms with Crippen LogP contribution in [0.15, 0.2) is 24.3 Å². The lowest BCUT2D eigenvalue weighted by Gasteiger charge is -2.03. The van der Waals surface area contributed by atoms with Crippen LogP contribution in [-0.4, -0.2) is 15.5 Å². The van der Waals surface area contributed by atoms with Gasteiger partial charge in [0, 0.05) is 0 Å². The summed E-state index contributed by atoms with van der Waals surface area (Å²) in [5.74, 6) is 0.668. The SMILES string of the molecule is C[C@H]1C(=O)Nc2nc3ccccc3n21. The molecule has 2 aromatic rings. The van der Waals surface area contributed by atoms with Gasteiger partial charge in [0.1, 0.15) is 6.04 Å². The second kappa shape index (κ2) is 2.35. The zero-order chi connectivity index (χ0) is 9.71. The Hall–Kier alpha value is -1.84. The Bertz CT molecular complexity index is 529. The number of anilines is 1. The van der Waals surface area contributed by atoms with Crippen molar-refractivity contribution in [3.8, 4) is 0 Å². The first kappa shape index (κ1) is 7.55. The Morgan fingerprint density at radius 3 is 3.07 bits per heavy atom. The van der Waals surface area contributed by atoms with Crippen molar-refractivity contribution in [2.75, 3.05) is 5.32 Å². The maximum Gasteiger partial charge on any atom is 0.249 e. The van der Waals surface area contributed by atoms with E-state index >= 15 is 0 Å². The summed E-state index contributed by atoms with van der Waals surface area (Å²) < 4.78 is 1.93. The molecule has 4 heteroatoms. The van der Waals surface area contributed by atoms with Gasteiger partial charge in [-0.15, -0.1) is 0 Å². The molecule has 0 saturated carbocycles. The van der Waals surface area contributed by atoms with E-state index in [1.54, 1.807) is 0 Å². The average molecular weight is 187 g/mol. The van der Waals surface area contributed by atoms with Crippen LogP contribution in [0.4, 0.5) is 5.95 Å². The van der Waals surface area contributed by atoms with Crippen LogP contribution in [0.3, 0.4) is 0 Å². The number of imidazole rings is 1. The number of carbonyl (C=O) groups is 1. The molecule has 0 radical (unpaired) electrons. The summed E-state index contributed by atoms with van der Waals surface area (Å²) in [6.07, 6.45) is 0. The maximum atomic E-state index is 11.4. The molecule has 0 aliphatic carbocycles. The highest BCUT2D eigenvalue weighted by Gasteiger charge is 2.28. The van der Waals surface area contributed by atoms with Crippen molar-refractivity contribution < 1.29 is 4.79 Å². The van der Waals surface area contributed by atoms with Gasteiger partial charge in [-0.2, -0.15) is 0 Å². The first-order valence-corrected chi connectivity index (χ1v) is 4.55. The van der Waals surface area contributed by atoms with E-state index in [1.165, 1.54) is 0 Å². The molecule has 0 fully saturated rings. The molecule has 1 aromatic heterocycles. The van der Waals surface area contributed by atoms with Crippen LogP contribution >= 0.6 is 0 Å². The zero-order valence-electron chi connectivity index (χ0n) is 7.69. The first-order valence-electron chi connectivity index (χ1n) is 4.55. The summed E-state index contributed by atoms with van der Waals surface area (Å²) >= 11 is 0. The molecule has 2 heterocycles. The number of para-hydroxylation sites is 2. The van der Waals surface area contributed by atoms with E-state index in [0.717, 1.165) is 11.0 Å². The Morgan fingerprint density at radius 2 is 2.21 bits per heavy atom. The standard InChI is InChI=1S/C10H9N3O/c1-6-9(14)12-10-11-7-4-2-3-5-8(7)13(6)10/h2-6H,1H3,(H,11,12,14)/t6-/m0/s1. The minimum Gasteiger partial charge on any atom is -0.298 e. The van der Waals surface area contributed by atoms with Crippen LogP contribution in [-0.2, 0) is 4.79 Å². The lowest BCUT2D eigenvalue weighted by Crippen LogP contribution is -2.11. The first-order chi connectivity index (χ1) is 6.77. The van der Waals surface area contributed by atoms with Gasteiger partial charge in [-0.1, -0.05) is 12.1 Å². The molecule has 1 atom stereocenters. The van der Waals surface area contributed by atoms with Gasteiger partial charge in [0.2, 0.25) is 11.9 Å². The zero-order valence-corrected chi connectivity index (χ0v) is 7.69. The van der Waals surface area contributed by atoms with Gasteiger partial charge in [0.05, 0.1) is 11.0 Å². The summed E-state index contributed by atoms with van der Waals surface area (Å²) in [7, 11) is 0. The van der Waals surface area contributed by atoms with Crippen LogP contribution in [0.1, 0.15) is 13.0 Å². The number of amides is 1. The van der Waals surface area contributed by atoms with E-state index in [4.69, 9.17) is 0 Å². The molecule has 1 amide bonds. The Morgan fingerprint density at radius 1 is 1.43 bits per heavy atom. The quantitative estimate of drug-likeness (QED) is 0.680. The molecule has 0 bridgehead atoms. The van der Waals surface area contributed by atoms with Crippen molar-refractivity contribution in [1.29, 1.82) is 0 Å². The Labute approximate surface area is 80.6 Å². The molecule has 4 nitrogen and oxygen atoms in total.